The number of rotatable bonds is 1. The highest BCUT2D eigenvalue weighted by Crippen LogP contribution is 1.84. The third-order valence-electron chi connectivity index (χ3n) is 0.609. The van der Waals surface area contributed by atoms with Crippen molar-refractivity contribution < 1.29 is 0 Å². The van der Waals surface area contributed by atoms with E-state index in [1.165, 1.54) is 0 Å². The minimum Gasteiger partial charge on any atom is -0.402 e. The van der Waals surface area contributed by atoms with E-state index in [4.69, 9.17) is 11.5 Å². The van der Waals surface area contributed by atoms with Crippen LogP contribution in [0.15, 0.2) is 23.5 Å². The van der Waals surface area contributed by atoms with Gasteiger partial charge in [-0.3, -0.25) is 0 Å². The summed E-state index contributed by atoms with van der Waals surface area (Å²) in [6.07, 6.45) is 3.55. The van der Waals surface area contributed by atoms with Crippen LogP contribution in [-0.2, 0) is 0 Å². The Morgan fingerprint density at radius 3 is 1.00 bits per heavy atom. The van der Waals surface area contributed by atoms with E-state index in [-0.39, 0.29) is 0 Å². The van der Waals surface area contributed by atoms with Gasteiger partial charge < -0.3 is 11.5 Å². The molecule has 0 atom stereocenters. The summed E-state index contributed by atoms with van der Waals surface area (Å²) in [6.45, 7) is 11.6. The van der Waals surface area contributed by atoms with Crippen molar-refractivity contribution in [3.63, 3.8) is 0 Å². The predicted octanol–water partition coefficient (Wildman–Crippen LogP) is 2.76. The van der Waals surface area contributed by atoms with Crippen LogP contribution in [0.4, 0.5) is 0 Å². The summed E-state index contributed by atoms with van der Waals surface area (Å²) in [6, 6.07) is 0. The summed E-state index contributed by atoms with van der Waals surface area (Å²) >= 11 is 0. The van der Waals surface area contributed by atoms with Crippen LogP contribution in [0.5, 0.6) is 0 Å². The van der Waals surface area contributed by atoms with E-state index in [1.807, 2.05) is 41.5 Å². The maximum atomic E-state index is 5.30. The van der Waals surface area contributed by atoms with Crippen LogP contribution in [0.1, 0.15) is 41.5 Å². The first-order valence-corrected chi connectivity index (χ1v) is 4.49. The Labute approximate surface area is 77.3 Å². The van der Waals surface area contributed by atoms with E-state index in [9.17, 15) is 0 Å². The Hall–Kier alpha value is -0.920. The second kappa shape index (κ2) is 16.6. The van der Waals surface area contributed by atoms with E-state index in [0.717, 1.165) is 11.4 Å². The van der Waals surface area contributed by atoms with E-state index >= 15 is 0 Å². The summed E-state index contributed by atoms with van der Waals surface area (Å²) in [5.41, 5.74) is 12.1. The maximum Gasteiger partial charge on any atom is 0.00495 e. The third kappa shape index (κ3) is 35.6. The van der Waals surface area contributed by atoms with Crippen LogP contribution in [-0.4, -0.2) is 0 Å². The van der Waals surface area contributed by atoms with Crippen molar-refractivity contribution in [3.8, 4) is 0 Å². The standard InChI is InChI=1S/C6H12N2.2C2H6/c1-5(7)3-4-6(2)8;2*1-2/h3-4H,7-8H2,1-2H3;2*1-2H3/b5-3-,6-4-;;. The fourth-order valence-electron chi connectivity index (χ4n) is 0.263. The zero-order valence-electron chi connectivity index (χ0n) is 9.31. The quantitative estimate of drug-likeness (QED) is 0.597. The number of allylic oxidation sites excluding steroid dienone is 4. The second-order valence-electron chi connectivity index (χ2n) is 1.82. The van der Waals surface area contributed by atoms with Gasteiger partial charge in [0.1, 0.15) is 0 Å². The summed E-state index contributed by atoms with van der Waals surface area (Å²) in [7, 11) is 0. The molecule has 0 spiro atoms. The van der Waals surface area contributed by atoms with Crippen molar-refractivity contribution in [2.75, 3.05) is 0 Å². The van der Waals surface area contributed by atoms with Gasteiger partial charge in [-0.2, -0.15) is 0 Å². The molecule has 0 heterocycles. The molecule has 0 saturated carbocycles. The minimum atomic E-state index is 0.773. The van der Waals surface area contributed by atoms with Crippen LogP contribution >= 0.6 is 0 Å². The summed E-state index contributed by atoms with van der Waals surface area (Å²) in [4.78, 5) is 0. The molecule has 0 aromatic carbocycles. The first-order valence-electron chi connectivity index (χ1n) is 4.49. The maximum absolute atomic E-state index is 5.30. The van der Waals surface area contributed by atoms with Crippen LogP contribution in [0.25, 0.3) is 0 Å². The summed E-state index contributed by atoms with van der Waals surface area (Å²) in [5.74, 6) is 0. The van der Waals surface area contributed by atoms with Crippen LogP contribution in [0.2, 0.25) is 0 Å². The molecule has 0 saturated heterocycles. The normalized spacial score (nSPS) is 10.5. The van der Waals surface area contributed by atoms with Crippen molar-refractivity contribution in [2.24, 2.45) is 11.5 Å². The van der Waals surface area contributed by atoms with E-state index in [2.05, 4.69) is 0 Å². The summed E-state index contributed by atoms with van der Waals surface area (Å²) in [5, 5.41) is 0. The molecule has 4 N–H and O–H groups in total. The van der Waals surface area contributed by atoms with Gasteiger partial charge in [-0.25, -0.2) is 0 Å². The molecule has 0 amide bonds. The zero-order valence-corrected chi connectivity index (χ0v) is 9.31. The van der Waals surface area contributed by atoms with Gasteiger partial charge in [0, 0.05) is 11.4 Å². The van der Waals surface area contributed by atoms with E-state index in [1.54, 1.807) is 12.2 Å². The SMILES string of the molecule is C/C(N)=C/C=C(/C)N.CC.CC. The van der Waals surface area contributed by atoms with E-state index in [0.29, 0.717) is 0 Å². The Kier molecular flexibility index (Phi) is 23.8. The molecule has 12 heavy (non-hydrogen) atoms. The number of nitrogens with two attached hydrogens (primary N) is 2. The lowest BCUT2D eigenvalue weighted by atomic mass is 10.4. The summed E-state index contributed by atoms with van der Waals surface area (Å²) < 4.78 is 0. The molecular formula is C10H24N2. The van der Waals surface area contributed by atoms with Crippen molar-refractivity contribution >= 4 is 0 Å². The Morgan fingerprint density at radius 1 is 0.750 bits per heavy atom. The highest BCUT2D eigenvalue weighted by Gasteiger charge is 1.72. The molecule has 74 valence electrons. The molecule has 0 aliphatic heterocycles. The van der Waals surface area contributed by atoms with E-state index < -0.39 is 0 Å². The predicted molar refractivity (Wildman–Crippen MR) is 58.6 cm³/mol. The van der Waals surface area contributed by atoms with Gasteiger partial charge in [0.25, 0.3) is 0 Å². The topological polar surface area (TPSA) is 52.0 Å². The highest BCUT2D eigenvalue weighted by molar-refractivity contribution is 5.10. The Morgan fingerprint density at radius 2 is 0.917 bits per heavy atom. The lowest BCUT2D eigenvalue weighted by Crippen LogP contribution is -1.91. The van der Waals surface area contributed by atoms with Gasteiger partial charge in [0.2, 0.25) is 0 Å². The fraction of sp³-hybridized carbons (Fsp3) is 0.600. The Balaban J connectivity index is -0.000000175. The largest absolute Gasteiger partial charge is 0.402 e. The van der Waals surface area contributed by atoms with Crippen LogP contribution < -0.4 is 11.5 Å². The van der Waals surface area contributed by atoms with Gasteiger partial charge >= 0.3 is 0 Å². The van der Waals surface area contributed by atoms with Gasteiger partial charge in [0.15, 0.2) is 0 Å². The number of hydrogen-bond acceptors (Lipinski definition) is 2. The molecule has 2 nitrogen and oxygen atoms in total. The molecule has 0 radical (unpaired) electrons. The molecule has 0 rings (SSSR count). The minimum absolute atomic E-state index is 0.773. The molecule has 0 bridgehead atoms. The molecule has 0 unspecified atom stereocenters. The highest BCUT2D eigenvalue weighted by atomic mass is 14.6. The molecule has 0 aliphatic rings. The van der Waals surface area contributed by atoms with Gasteiger partial charge in [0.05, 0.1) is 0 Å². The molecule has 0 fully saturated rings. The molecule has 0 aliphatic carbocycles. The van der Waals surface area contributed by atoms with Gasteiger partial charge in [-0.1, -0.05) is 27.7 Å². The average Bonchev–Trinajstić information content (AvgIpc) is 2.08. The van der Waals surface area contributed by atoms with Crippen molar-refractivity contribution in [1.29, 1.82) is 0 Å². The average molecular weight is 172 g/mol. The zero-order chi connectivity index (χ0) is 10.6. The molecule has 0 aromatic heterocycles. The first kappa shape index (κ1) is 17.2. The van der Waals surface area contributed by atoms with Crippen LogP contribution in [0.3, 0.4) is 0 Å². The lowest BCUT2D eigenvalue weighted by molar-refractivity contribution is 1.28. The third-order valence-corrected chi connectivity index (χ3v) is 0.609. The fourth-order valence-corrected chi connectivity index (χ4v) is 0.263. The van der Waals surface area contributed by atoms with Crippen molar-refractivity contribution in [1.82, 2.24) is 0 Å². The monoisotopic (exact) mass is 172 g/mol. The lowest BCUT2D eigenvalue weighted by Gasteiger charge is -1.85. The molecule has 2 heteroatoms. The van der Waals surface area contributed by atoms with Crippen molar-refractivity contribution in [2.45, 2.75) is 41.5 Å². The number of hydrogen-bond donors (Lipinski definition) is 2. The molecular weight excluding hydrogens is 148 g/mol. The Bertz CT molecular complexity index is 99.8. The second-order valence-corrected chi connectivity index (χ2v) is 1.82. The van der Waals surface area contributed by atoms with Crippen molar-refractivity contribution in [3.05, 3.63) is 23.5 Å². The van der Waals surface area contributed by atoms with Crippen LogP contribution in [0, 0.1) is 0 Å². The molecule has 0 aromatic rings. The van der Waals surface area contributed by atoms with Gasteiger partial charge in [-0.15, -0.1) is 0 Å². The first-order chi connectivity index (χ1) is 5.63. The van der Waals surface area contributed by atoms with Gasteiger partial charge in [-0.05, 0) is 26.0 Å². The smallest absolute Gasteiger partial charge is 0.00495 e.